The van der Waals surface area contributed by atoms with E-state index in [-0.39, 0.29) is 6.17 Å². The van der Waals surface area contributed by atoms with Crippen LogP contribution in [0.5, 0.6) is 0 Å². The first-order valence-corrected chi connectivity index (χ1v) is 2.12. The quantitative estimate of drug-likeness (QED) is 0.229. The number of nitrogens with two attached hydrogens (primary N) is 2. The molecule has 0 aromatic heterocycles. The maximum Gasteiger partial charge on any atom is 0.0824 e. The molecule has 0 fully saturated rings. The van der Waals surface area contributed by atoms with Crippen molar-refractivity contribution in [2.45, 2.75) is 13.1 Å². The summed E-state index contributed by atoms with van der Waals surface area (Å²) in [5.41, 5.74) is 2.47. The van der Waals surface area contributed by atoms with Gasteiger partial charge in [0.2, 0.25) is 0 Å². The summed E-state index contributed by atoms with van der Waals surface area (Å²) in [6.07, 6.45) is 0.0417. The Morgan fingerprint density at radius 2 is 2.14 bits per heavy atom. The van der Waals surface area contributed by atoms with E-state index in [1.807, 2.05) is 6.92 Å². The second kappa shape index (κ2) is 2.92. The summed E-state index contributed by atoms with van der Waals surface area (Å²) < 4.78 is 0. The molecule has 7 heavy (non-hydrogen) atoms. The van der Waals surface area contributed by atoms with Crippen LogP contribution in [0.25, 0.3) is 0 Å². The molecule has 0 aliphatic heterocycles. The predicted molar refractivity (Wildman–Crippen MR) is 28.7 cm³/mol. The number of hydrazine groups is 2. The molecule has 4 heteroatoms. The van der Waals surface area contributed by atoms with Gasteiger partial charge in [-0.2, -0.15) is 0 Å². The Balaban J connectivity index is 3.14. The number of hydrogen-bond donors (Lipinski definition) is 3. The lowest BCUT2D eigenvalue weighted by atomic mass is 10.6. The van der Waals surface area contributed by atoms with Crippen LogP contribution >= 0.6 is 0 Å². The van der Waals surface area contributed by atoms with E-state index < -0.39 is 0 Å². The number of hydrogen-bond acceptors (Lipinski definition) is 4. The smallest absolute Gasteiger partial charge is 0.0824 e. The predicted octanol–water partition coefficient (Wildman–Crippen LogP) is -1.40. The van der Waals surface area contributed by atoms with E-state index in [0.717, 1.165) is 0 Å². The summed E-state index contributed by atoms with van der Waals surface area (Å²) in [5, 5.41) is 1.49. The van der Waals surface area contributed by atoms with E-state index in [9.17, 15) is 0 Å². The molecule has 5 N–H and O–H groups in total. The fraction of sp³-hybridized carbons (Fsp3) is 1.00. The summed E-state index contributed by atoms with van der Waals surface area (Å²) in [6, 6.07) is 0. The Morgan fingerprint density at radius 3 is 2.14 bits per heavy atom. The van der Waals surface area contributed by atoms with Gasteiger partial charge in [0.1, 0.15) is 0 Å². The molecule has 0 rings (SSSR count). The molecule has 0 saturated heterocycles. The summed E-state index contributed by atoms with van der Waals surface area (Å²) in [7, 11) is 1.74. The van der Waals surface area contributed by atoms with Crippen LogP contribution < -0.4 is 17.1 Å². The zero-order chi connectivity index (χ0) is 5.86. The van der Waals surface area contributed by atoms with Gasteiger partial charge in [0.25, 0.3) is 0 Å². The Labute approximate surface area is 43.4 Å². The SMILES string of the molecule is C[C@H](NN)N(C)N. The van der Waals surface area contributed by atoms with E-state index in [0.29, 0.717) is 0 Å². The molecule has 1 atom stereocenters. The van der Waals surface area contributed by atoms with Gasteiger partial charge >= 0.3 is 0 Å². The van der Waals surface area contributed by atoms with Gasteiger partial charge in [0, 0.05) is 7.05 Å². The zero-order valence-electron chi connectivity index (χ0n) is 4.68. The van der Waals surface area contributed by atoms with Gasteiger partial charge in [-0.15, -0.1) is 0 Å². The molecule has 4 nitrogen and oxygen atoms in total. The van der Waals surface area contributed by atoms with Gasteiger partial charge in [-0.1, -0.05) is 0 Å². The summed E-state index contributed by atoms with van der Waals surface area (Å²) >= 11 is 0. The topological polar surface area (TPSA) is 67.3 Å². The number of nitrogens with zero attached hydrogens (tertiary/aromatic N) is 1. The van der Waals surface area contributed by atoms with Crippen LogP contribution in [0.1, 0.15) is 6.92 Å². The Bertz CT molecular complexity index is 44.2. The van der Waals surface area contributed by atoms with E-state index in [1.165, 1.54) is 5.01 Å². The fourth-order valence-electron chi connectivity index (χ4n) is 0.118. The summed E-state index contributed by atoms with van der Waals surface area (Å²) in [5.74, 6) is 10.2. The first kappa shape index (κ1) is 6.84. The average molecular weight is 104 g/mol. The van der Waals surface area contributed by atoms with Gasteiger partial charge in [0.15, 0.2) is 0 Å². The third-order valence-corrected chi connectivity index (χ3v) is 0.852. The second-order valence-electron chi connectivity index (χ2n) is 1.51. The molecule has 0 amide bonds. The third kappa shape index (κ3) is 2.52. The molecule has 0 aromatic rings. The molecule has 0 radical (unpaired) electrons. The lowest BCUT2D eigenvalue weighted by Gasteiger charge is -2.16. The Morgan fingerprint density at radius 1 is 1.71 bits per heavy atom. The molecule has 0 aromatic carbocycles. The van der Waals surface area contributed by atoms with Gasteiger partial charge in [-0.05, 0) is 6.92 Å². The molecular weight excluding hydrogens is 92.1 g/mol. The lowest BCUT2D eigenvalue weighted by Crippen LogP contribution is -2.48. The minimum Gasteiger partial charge on any atom is -0.270 e. The van der Waals surface area contributed by atoms with Crippen LogP contribution in [0.2, 0.25) is 0 Å². The van der Waals surface area contributed by atoms with Crippen molar-refractivity contribution in [3.8, 4) is 0 Å². The van der Waals surface area contributed by atoms with E-state index in [2.05, 4.69) is 5.43 Å². The van der Waals surface area contributed by atoms with Crippen molar-refractivity contribution in [2.24, 2.45) is 11.7 Å². The molecule has 0 aliphatic rings. The average Bonchev–Trinajstić information content (AvgIpc) is 1.65. The van der Waals surface area contributed by atoms with Crippen LogP contribution in [0.15, 0.2) is 0 Å². The molecule has 0 unspecified atom stereocenters. The largest absolute Gasteiger partial charge is 0.270 e. The summed E-state index contributed by atoms with van der Waals surface area (Å²) in [4.78, 5) is 0. The zero-order valence-corrected chi connectivity index (χ0v) is 4.68. The first-order valence-electron chi connectivity index (χ1n) is 2.12. The molecule has 0 aliphatic carbocycles. The highest BCUT2D eigenvalue weighted by Crippen LogP contribution is 1.75. The van der Waals surface area contributed by atoms with Crippen molar-refractivity contribution in [2.75, 3.05) is 7.05 Å². The lowest BCUT2D eigenvalue weighted by molar-refractivity contribution is 0.227. The normalized spacial score (nSPS) is 15.0. The highest BCUT2D eigenvalue weighted by atomic mass is 15.5. The standard InChI is InChI=1S/C3H12N4/c1-3(6-4)7(2)5/h3,6H,4-5H2,1-2H3/t3-/m1/s1. The third-order valence-electron chi connectivity index (χ3n) is 0.852. The maximum atomic E-state index is 5.24. The van der Waals surface area contributed by atoms with Crippen LogP contribution in [0.3, 0.4) is 0 Å². The second-order valence-corrected chi connectivity index (χ2v) is 1.51. The fourth-order valence-corrected chi connectivity index (χ4v) is 0.118. The molecule has 0 spiro atoms. The molecule has 0 heterocycles. The van der Waals surface area contributed by atoms with Crippen LogP contribution in [-0.4, -0.2) is 18.2 Å². The van der Waals surface area contributed by atoms with Gasteiger partial charge in [0.05, 0.1) is 6.17 Å². The Kier molecular flexibility index (Phi) is 2.86. The molecule has 44 valence electrons. The van der Waals surface area contributed by atoms with Crippen molar-refractivity contribution in [3.63, 3.8) is 0 Å². The number of nitrogens with one attached hydrogen (secondary N) is 1. The van der Waals surface area contributed by atoms with Crippen molar-refractivity contribution in [3.05, 3.63) is 0 Å². The monoisotopic (exact) mass is 104 g/mol. The summed E-state index contributed by atoms with van der Waals surface area (Å²) in [6.45, 7) is 1.86. The van der Waals surface area contributed by atoms with Gasteiger partial charge < -0.3 is 0 Å². The van der Waals surface area contributed by atoms with Gasteiger partial charge in [-0.25, -0.2) is 10.4 Å². The van der Waals surface area contributed by atoms with Crippen molar-refractivity contribution >= 4 is 0 Å². The van der Waals surface area contributed by atoms with Crippen LogP contribution in [-0.2, 0) is 0 Å². The van der Waals surface area contributed by atoms with E-state index in [4.69, 9.17) is 11.7 Å². The van der Waals surface area contributed by atoms with Crippen molar-refractivity contribution in [1.82, 2.24) is 10.4 Å². The van der Waals surface area contributed by atoms with E-state index >= 15 is 0 Å². The van der Waals surface area contributed by atoms with Crippen LogP contribution in [0.4, 0.5) is 0 Å². The molecule has 0 saturated carbocycles. The van der Waals surface area contributed by atoms with E-state index in [1.54, 1.807) is 7.05 Å². The molecular formula is C3H12N4. The van der Waals surface area contributed by atoms with Crippen molar-refractivity contribution in [1.29, 1.82) is 0 Å². The number of rotatable bonds is 2. The minimum absolute atomic E-state index is 0.0417. The Hall–Kier alpha value is -0.160. The van der Waals surface area contributed by atoms with Gasteiger partial charge in [-0.3, -0.25) is 11.7 Å². The van der Waals surface area contributed by atoms with Crippen LogP contribution in [0, 0.1) is 0 Å². The minimum atomic E-state index is 0.0417. The highest BCUT2D eigenvalue weighted by molar-refractivity contribution is 4.45. The maximum absolute atomic E-state index is 5.24. The van der Waals surface area contributed by atoms with Crippen molar-refractivity contribution < 1.29 is 0 Å². The molecule has 0 bridgehead atoms. The highest BCUT2D eigenvalue weighted by Gasteiger charge is 1.97. The first-order chi connectivity index (χ1) is 3.18.